The molecule has 0 amide bonds. The van der Waals surface area contributed by atoms with Crippen LogP contribution in [0.3, 0.4) is 0 Å². The topological polar surface area (TPSA) is 50.2 Å². The van der Waals surface area contributed by atoms with Crippen LogP contribution in [0.15, 0.2) is 9.98 Å². The van der Waals surface area contributed by atoms with Crippen molar-refractivity contribution in [2.45, 2.75) is 19.3 Å². The van der Waals surface area contributed by atoms with Crippen molar-refractivity contribution in [2.75, 3.05) is 0 Å². The highest BCUT2D eigenvalue weighted by molar-refractivity contribution is 9.11. The molecule has 1 aromatic rings. The van der Waals surface area contributed by atoms with Crippen molar-refractivity contribution in [3.05, 3.63) is 15.0 Å². The van der Waals surface area contributed by atoms with Crippen LogP contribution in [0, 0.1) is 0 Å². The second-order valence-electron chi connectivity index (χ2n) is 2.31. The Morgan fingerprint density at radius 2 is 2.50 bits per heavy atom. The van der Waals surface area contributed by atoms with E-state index in [0.29, 0.717) is 6.42 Å². The summed E-state index contributed by atoms with van der Waals surface area (Å²) in [7, 11) is 0. The van der Waals surface area contributed by atoms with E-state index in [1.165, 1.54) is 0 Å². The summed E-state index contributed by atoms with van der Waals surface area (Å²) in [6, 6.07) is 0. The summed E-state index contributed by atoms with van der Waals surface area (Å²) >= 11 is 4.84. The van der Waals surface area contributed by atoms with Gasteiger partial charge in [0.15, 0.2) is 0 Å². The molecule has 1 heterocycles. The molecule has 0 aliphatic rings. The number of carbonyl (C=O) groups is 1. The lowest BCUT2D eigenvalue weighted by atomic mass is 10.2. The molecule has 3 nitrogen and oxygen atoms in total. The third kappa shape index (κ3) is 3.32. The van der Waals surface area contributed by atoms with Gasteiger partial charge < -0.3 is 5.11 Å². The molecule has 0 aromatic carbocycles. The number of aliphatic carboxylic acids is 1. The van der Waals surface area contributed by atoms with Crippen LogP contribution >= 0.6 is 27.3 Å². The van der Waals surface area contributed by atoms with E-state index in [9.17, 15) is 4.79 Å². The fourth-order valence-electron chi connectivity index (χ4n) is 0.794. The van der Waals surface area contributed by atoms with Gasteiger partial charge in [0, 0.05) is 6.42 Å². The van der Waals surface area contributed by atoms with E-state index in [4.69, 9.17) is 5.11 Å². The first-order valence-corrected chi connectivity index (χ1v) is 5.11. The summed E-state index contributed by atoms with van der Waals surface area (Å²) in [5.41, 5.74) is 0. The third-order valence-corrected chi connectivity index (χ3v) is 2.84. The summed E-state index contributed by atoms with van der Waals surface area (Å²) in [4.78, 5) is 14.3. The minimum atomic E-state index is -0.745. The van der Waals surface area contributed by atoms with Gasteiger partial charge in [-0.05, 0) is 28.8 Å². The first-order valence-electron chi connectivity index (χ1n) is 3.50. The Morgan fingerprint density at radius 3 is 3.00 bits per heavy atom. The van der Waals surface area contributed by atoms with Gasteiger partial charge in [-0.2, -0.15) is 0 Å². The van der Waals surface area contributed by atoms with Gasteiger partial charge in [-0.1, -0.05) is 0 Å². The molecule has 1 N–H and O–H groups in total. The maximum absolute atomic E-state index is 10.2. The van der Waals surface area contributed by atoms with E-state index in [-0.39, 0.29) is 6.42 Å². The van der Waals surface area contributed by atoms with E-state index < -0.39 is 5.97 Å². The Morgan fingerprint density at radius 1 is 1.75 bits per heavy atom. The Kier molecular flexibility index (Phi) is 3.68. The molecule has 0 aliphatic heterocycles. The van der Waals surface area contributed by atoms with E-state index >= 15 is 0 Å². The normalized spacial score (nSPS) is 10.1. The number of aromatic nitrogens is 1. The number of hydrogen-bond donors (Lipinski definition) is 1. The summed E-state index contributed by atoms with van der Waals surface area (Å²) < 4.78 is 0.993. The largest absolute Gasteiger partial charge is 0.481 e. The zero-order valence-electron chi connectivity index (χ0n) is 6.29. The highest BCUT2D eigenvalue weighted by Gasteiger charge is 2.01. The molecule has 0 radical (unpaired) electrons. The lowest BCUT2D eigenvalue weighted by molar-refractivity contribution is -0.137. The van der Waals surface area contributed by atoms with Crippen molar-refractivity contribution < 1.29 is 9.90 Å². The van der Waals surface area contributed by atoms with Gasteiger partial charge in [0.2, 0.25) is 0 Å². The maximum Gasteiger partial charge on any atom is 0.303 e. The zero-order chi connectivity index (χ0) is 8.97. The lowest BCUT2D eigenvalue weighted by Crippen LogP contribution is -1.95. The van der Waals surface area contributed by atoms with Crippen molar-refractivity contribution in [1.29, 1.82) is 0 Å². The van der Waals surface area contributed by atoms with Gasteiger partial charge in [-0.3, -0.25) is 4.79 Å². The average Bonchev–Trinajstić information content (AvgIpc) is 2.35. The van der Waals surface area contributed by atoms with Crippen molar-refractivity contribution in [3.63, 3.8) is 0 Å². The fourth-order valence-corrected chi connectivity index (χ4v) is 2.14. The molecule has 1 rings (SSSR count). The van der Waals surface area contributed by atoms with E-state index in [1.807, 2.05) is 0 Å². The number of aryl methyl sites for hydroxylation is 1. The van der Waals surface area contributed by atoms with E-state index in [0.717, 1.165) is 15.2 Å². The Balaban J connectivity index is 2.29. The minimum Gasteiger partial charge on any atom is -0.481 e. The molecule has 12 heavy (non-hydrogen) atoms. The van der Waals surface area contributed by atoms with Crippen LogP contribution in [0.2, 0.25) is 0 Å². The highest BCUT2D eigenvalue weighted by atomic mass is 79.9. The standard InChI is InChI=1S/C7H8BrNO2S/c8-5-4-9-6(12-5)2-1-3-7(10)11/h4H,1-3H2,(H,10,11). The van der Waals surface area contributed by atoms with Crippen molar-refractivity contribution in [1.82, 2.24) is 4.98 Å². The molecule has 0 atom stereocenters. The van der Waals surface area contributed by atoms with Crippen LogP contribution in [0.25, 0.3) is 0 Å². The highest BCUT2D eigenvalue weighted by Crippen LogP contribution is 2.20. The van der Waals surface area contributed by atoms with Gasteiger partial charge in [-0.25, -0.2) is 4.98 Å². The number of thiazole rings is 1. The second kappa shape index (κ2) is 4.57. The van der Waals surface area contributed by atoms with E-state index in [2.05, 4.69) is 20.9 Å². The number of rotatable bonds is 4. The molecule has 5 heteroatoms. The number of carboxylic acid groups (broad SMARTS) is 1. The summed E-state index contributed by atoms with van der Waals surface area (Å²) in [6.07, 6.45) is 3.37. The zero-order valence-corrected chi connectivity index (χ0v) is 8.69. The number of hydrogen-bond acceptors (Lipinski definition) is 3. The number of halogens is 1. The quantitative estimate of drug-likeness (QED) is 0.892. The van der Waals surface area contributed by atoms with Crippen LogP contribution in [0.4, 0.5) is 0 Å². The number of nitrogens with zero attached hydrogens (tertiary/aromatic N) is 1. The fraction of sp³-hybridized carbons (Fsp3) is 0.429. The monoisotopic (exact) mass is 249 g/mol. The lowest BCUT2D eigenvalue weighted by Gasteiger charge is -1.91. The Hall–Kier alpha value is -0.420. The molecule has 0 aliphatic carbocycles. The molecule has 0 bridgehead atoms. The molecule has 0 fully saturated rings. The molecule has 66 valence electrons. The Labute approximate surface area is 82.6 Å². The molecule has 0 saturated heterocycles. The summed E-state index contributed by atoms with van der Waals surface area (Å²) in [5.74, 6) is -0.745. The second-order valence-corrected chi connectivity index (χ2v) is 4.80. The summed E-state index contributed by atoms with van der Waals surface area (Å²) in [5, 5.41) is 9.36. The van der Waals surface area contributed by atoms with Gasteiger partial charge >= 0.3 is 5.97 Å². The van der Waals surface area contributed by atoms with Crippen LogP contribution < -0.4 is 0 Å². The van der Waals surface area contributed by atoms with Gasteiger partial charge in [-0.15, -0.1) is 11.3 Å². The minimum absolute atomic E-state index is 0.219. The Bertz CT molecular complexity index is 274. The van der Waals surface area contributed by atoms with Crippen LogP contribution in [-0.2, 0) is 11.2 Å². The molecule has 1 aromatic heterocycles. The smallest absolute Gasteiger partial charge is 0.303 e. The molecular formula is C7H8BrNO2S. The molecule has 0 spiro atoms. The van der Waals surface area contributed by atoms with E-state index in [1.54, 1.807) is 17.5 Å². The van der Waals surface area contributed by atoms with Gasteiger partial charge in [0.1, 0.15) is 0 Å². The average molecular weight is 250 g/mol. The molecule has 0 saturated carbocycles. The van der Waals surface area contributed by atoms with Crippen molar-refractivity contribution in [3.8, 4) is 0 Å². The van der Waals surface area contributed by atoms with Gasteiger partial charge in [0.25, 0.3) is 0 Å². The number of carboxylic acids is 1. The van der Waals surface area contributed by atoms with Gasteiger partial charge in [0.05, 0.1) is 15.0 Å². The van der Waals surface area contributed by atoms with Crippen molar-refractivity contribution in [2.24, 2.45) is 0 Å². The predicted molar refractivity (Wildman–Crippen MR) is 50.4 cm³/mol. The predicted octanol–water partition coefficient (Wildman–Crippen LogP) is 2.31. The molecular weight excluding hydrogens is 242 g/mol. The maximum atomic E-state index is 10.2. The third-order valence-electron chi connectivity index (χ3n) is 1.31. The van der Waals surface area contributed by atoms with Crippen LogP contribution in [0.1, 0.15) is 17.8 Å². The summed E-state index contributed by atoms with van der Waals surface area (Å²) in [6.45, 7) is 0. The first-order chi connectivity index (χ1) is 5.68. The SMILES string of the molecule is O=C(O)CCCc1ncc(Br)s1. The van der Waals surface area contributed by atoms with Crippen LogP contribution in [-0.4, -0.2) is 16.1 Å². The van der Waals surface area contributed by atoms with Crippen molar-refractivity contribution >= 4 is 33.2 Å². The first kappa shape index (κ1) is 9.67. The molecule has 0 unspecified atom stereocenters. The van der Waals surface area contributed by atoms with Crippen LogP contribution in [0.5, 0.6) is 0 Å².